The summed E-state index contributed by atoms with van der Waals surface area (Å²) in [6, 6.07) is 17.5. The van der Waals surface area contributed by atoms with E-state index in [1.807, 2.05) is 30.3 Å². The molecule has 2 aromatic heterocycles. The Kier molecular flexibility index (Phi) is 7.25. The van der Waals surface area contributed by atoms with E-state index >= 15 is 0 Å². The van der Waals surface area contributed by atoms with Gasteiger partial charge in [-0.15, -0.1) is 0 Å². The molecule has 2 fully saturated rings. The van der Waals surface area contributed by atoms with Gasteiger partial charge in [-0.25, -0.2) is 14.8 Å². The topological polar surface area (TPSA) is 98.9 Å². The third kappa shape index (κ3) is 5.21. The predicted molar refractivity (Wildman–Crippen MR) is 157 cm³/mol. The first-order chi connectivity index (χ1) is 20.4. The van der Waals surface area contributed by atoms with Crippen molar-refractivity contribution in [2.24, 2.45) is 0 Å². The number of ether oxygens (including phenoxy) is 3. The minimum absolute atomic E-state index is 0.0239. The first-order valence-electron chi connectivity index (χ1n) is 14.6. The van der Waals surface area contributed by atoms with Crippen LogP contribution in [-0.2, 0) is 17.8 Å². The van der Waals surface area contributed by atoms with Gasteiger partial charge in [0.1, 0.15) is 17.9 Å². The third-order valence-corrected chi connectivity index (χ3v) is 9.02. The van der Waals surface area contributed by atoms with Crippen LogP contribution in [0.3, 0.4) is 0 Å². The summed E-state index contributed by atoms with van der Waals surface area (Å²) in [5.74, 6) is 1.84. The Hall–Kier alpha value is -3.66. The van der Waals surface area contributed by atoms with Gasteiger partial charge in [0, 0.05) is 23.2 Å². The largest absolute Gasteiger partial charge is 0.485 e. The minimum Gasteiger partial charge on any atom is -0.485 e. The zero-order chi connectivity index (χ0) is 28.8. The molecule has 0 bridgehead atoms. The number of rotatable bonds is 7. The van der Waals surface area contributed by atoms with E-state index in [1.54, 1.807) is 6.07 Å². The average molecular weight is 589 g/mol. The number of benzene rings is 2. The number of imidazole rings is 1. The fourth-order valence-electron chi connectivity index (χ4n) is 6.32. The van der Waals surface area contributed by atoms with Crippen molar-refractivity contribution in [3.63, 3.8) is 0 Å². The zero-order valence-electron chi connectivity index (χ0n) is 23.4. The Morgan fingerprint density at radius 2 is 1.93 bits per heavy atom. The summed E-state index contributed by atoms with van der Waals surface area (Å²) in [6.07, 6.45) is 2.88. The Morgan fingerprint density at radius 3 is 2.67 bits per heavy atom. The highest BCUT2D eigenvalue weighted by atomic mass is 35.5. The van der Waals surface area contributed by atoms with Crippen molar-refractivity contribution in [2.75, 3.05) is 19.8 Å². The minimum atomic E-state index is -1.04. The second kappa shape index (κ2) is 11.2. The molecule has 0 saturated carbocycles. The van der Waals surface area contributed by atoms with Crippen LogP contribution in [0.15, 0.2) is 54.6 Å². The molecule has 3 aliphatic rings. The lowest BCUT2D eigenvalue weighted by Crippen LogP contribution is -2.40. The molecule has 3 aliphatic heterocycles. The quantitative estimate of drug-likeness (QED) is 0.287. The van der Waals surface area contributed by atoms with Crippen LogP contribution < -0.4 is 9.47 Å². The third-order valence-electron chi connectivity index (χ3n) is 8.77. The van der Waals surface area contributed by atoms with Gasteiger partial charge in [-0.1, -0.05) is 35.9 Å². The highest BCUT2D eigenvalue weighted by Gasteiger charge is 2.33. The van der Waals surface area contributed by atoms with Crippen molar-refractivity contribution in [3.8, 4) is 11.5 Å². The first kappa shape index (κ1) is 27.2. The highest BCUT2D eigenvalue weighted by Crippen LogP contribution is 2.45. The summed E-state index contributed by atoms with van der Waals surface area (Å²) in [6.45, 7) is 5.66. The number of para-hydroxylation sites is 1. The molecule has 218 valence electrons. The number of likely N-dealkylation sites (tertiary alicyclic amines) is 1. The molecular weight excluding hydrogens is 556 g/mol. The molecule has 42 heavy (non-hydrogen) atoms. The summed E-state index contributed by atoms with van der Waals surface area (Å²) in [4.78, 5) is 23.4. The van der Waals surface area contributed by atoms with E-state index in [0.29, 0.717) is 47.8 Å². The number of halogens is 1. The molecule has 0 amide bonds. The van der Waals surface area contributed by atoms with Crippen molar-refractivity contribution in [1.29, 1.82) is 0 Å². The summed E-state index contributed by atoms with van der Waals surface area (Å²) in [7, 11) is 0. The van der Waals surface area contributed by atoms with E-state index < -0.39 is 5.97 Å². The van der Waals surface area contributed by atoms with Crippen LogP contribution in [-0.4, -0.2) is 62.4 Å². The second-order valence-corrected chi connectivity index (χ2v) is 11.9. The number of aromatic carboxylic acids is 1. The molecule has 7 rings (SSSR count). The van der Waals surface area contributed by atoms with Crippen molar-refractivity contribution >= 4 is 28.7 Å². The summed E-state index contributed by atoms with van der Waals surface area (Å²) in [5, 5.41) is 10.2. The molecule has 4 aromatic rings. The predicted octanol–water partition coefficient (Wildman–Crippen LogP) is 5.85. The maximum atomic E-state index is 11.6. The number of aromatic nitrogens is 3. The first-order valence-corrected chi connectivity index (χ1v) is 14.9. The van der Waals surface area contributed by atoms with E-state index in [0.717, 1.165) is 55.3 Å². The molecule has 4 atom stereocenters. The fourth-order valence-corrected chi connectivity index (χ4v) is 6.45. The maximum Gasteiger partial charge on any atom is 0.354 e. The van der Waals surface area contributed by atoms with Crippen LogP contribution in [0.25, 0.3) is 11.2 Å². The van der Waals surface area contributed by atoms with Gasteiger partial charge in [0.05, 0.1) is 19.2 Å². The Bertz CT molecular complexity index is 1620. The molecule has 1 N–H and O–H groups in total. The van der Waals surface area contributed by atoms with E-state index in [9.17, 15) is 9.90 Å². The number of fused-ring (bicyclic) bond motifs is 2. The van der Waals surface area contributed by atoms with Crippen molar-refractivity contribution in [3.05, 3.63) is 82.3 Å². The number of nitrogens with zero attached hydrogens (tertiary/aromatic N) is 4. The highest BCUT2D eigenvalue weighted by molar-refractivity contribution is 6.30. The lowest BCUT2D eigenvalue weighted by Gasteiger charge is -2.39. The van der Waals surface area contributed by atoms with Gasteiger partial charge in [0.15, 0.2) is 28.9 Å². The molecule has 2 saturated heterocycles. The van der Waals surface area contributed by atoms with Gasteiger partial charge in [0.25, 0.3) is 0 Å². The molecule has 0 spiro atoms. The summed E-state index contributed by atoms with van der Waals surface area (Å²) in [5.41, 5.74) is 3.58. The number of piperidine rings is 1. The van der Waals surface area contributed by atoms with Crippen molar-refractivity contribution in [1.82, 2.24) is 19.4 Å². The van der Waals surface area contributed by atoms with E-state index in [4.69, 9.17) is 30.8 Å². The monoisotopic (exact) mass is 588 g/mol. The number of carboxylic acid groups (broad SMARTS) is 1. The average Bonchev–Trinajstić information content (AvgIpc) is 3.31. The molecule has 10 heteroatoms. The molecule has 0 aliphatic carbocycles. The summed E-state index contributed by atoms with van der Waals surface area (Å²) >= 11 is 6.07. The van der Waals surface area contributed by atoms with Gasteiger partial charge >= 0.3 is 5.97 Å². The van der Waals surface area contributed by atoms with Crippen LogP contribution >= 0.6 is 11.6 Å². The van der Waals surface area contributed by atoms with Crippen LogP contribution in [0.4, 0.5) is 0 Å². The molecule has 5 heterocycles. The van der Waals surface area contributed by atoms with Crippen molar-refractivity contribution in [2.45, 2.75) is 63.4 Å². The van der Waals surface area contributed by atoms with E-state index in [2.05, 4.69) is 33.5 Å². The molecule has 2 aromatic carbocycles. The van der Waals surface area contributed by atoms with Gasteiger partial charge in [-0.3, -0.25) is 4.90 Å². The molecule has 4 unspecified atom stereocenters. The fraction of sp³-hybridized carbons (Fsp3) is 0.406. The Labute approximate surface area is 249 Å². The van der Waals surface area contributed by atoms with Crippen LogP contribution in [0, 0.1) is 0 Å². The smallest absolute Gasteiger partial charge is 0.354 e. The zero-order valence-corrected chi connectivity index (χ0v) is 24.2. The molecular formula is C32H33ClN4O5. The van der Waals surface area contributed by atoms with E-state index in [1.165, 1.54) is 11.6 Å². The van der Waals surface area contributed by atoms with Crippen molar-refractivity contribution < 1.29 is 24.1 Å². The Balaban J connectivity index is 1.08. The number of carbonyl (C=O) groups is 1. The molecule has 9 nitrogen and oxygen atoms in total. The molecule has 0 radical (unpaired) electrons. The van der Waals surface area contributed by atoms with Gasteiger partial charge in [0.2, 0.25) is 0 Å². The van der Waals surface area contributed by atoms with Crippen LogP contribution in [0.5, 0.6) is 11.5 Å². The SMILES string of the molecule is CC1CC(c2cccc3c2OCC(c2ccc(Cl)cc2)O3)CCN1Cc1nc2ccc(C(=O)O)nc2n1CC1CCO1. The van der Waals surface area contributed by atoms with Crippen LogP contribution in [0.1, 0.15) is 65.6 Å². The standard InChI is InChI=1S/C32H33ClN4O5/c1-19-15-21(24-3-2-4-27-30(24)41-18-28(42-27)20-5-7-22(33)8-6-20)11-13-36(19)17-29-34-25-9-10-26(32(38)39)35-31(25)37(29)16-23-12-14-40-23/h2-10,19,21,23,28H,11-18H2,1H3,(H,38,39). The summed E-state index contributed by atoms with van der Waals surface area (Å²) < 4.78 is 20.5. The van der Waals surface area contributed by atoms with Crippen LogP contribution in [0.2, 0.25) is 5.02 Å². The van der Waals surface area contributed by atoms with Gasteiger partial charge in [-0.2, -0.15) is 0 Å². The second-order valence-electron chi connectivity index (χ2n) is 11.4. The van der Waals surface area contributed by atoms with E-state index in [-0.39, 0.29) is 17.9 Å². The van der Waals surface area contributed by atoms with Gasteiger partial charge < -0.3 is 23.9 Å². The number of hydrogen-bond acceptors (Lipinski definition) is 7. The van der Waals surface area contributed by atoms with Gasteiger partial charge in [-0.05, 0) is 74.5 Å². The lowest BCUT2D eigenvalue weighted by atomic mass is 9.85. The number of carboxylic acids is 1. The maximum absolute atomic E-state index is 11.6. The Morgan fingerprint density at radius 1 is 1.10 bits per heavy atom. The number of pyridine rings is 1. The number of hydrogen-bond donors (Lipinski definition) is 1. The lowest BCUT2D eigenvalue weighted by molar-refractivity contribution is -0.0593. The normalized spacial score (nSPS) is 24.0.